The molecule has 3 aromatic heterocycles. The zero-order chi connectivity index (χ0) is 21.3. The predicted octanol–water partition coefficient (Wildman–Crippen LogP) is 3.71. The summed E-state index contributed by atoms with van der Waals surface area (Å²) >= 11 is 9.23. The van der Waals surface area contributed by atoms with Crippen LogP contribution in [0.15, 0.2) is 45.8 Å². The molecule has 4 rings (SSSR count). The minimum absolute atomic E-state index is 0.0927. The lowest BCUT2D eigenvalue weighted by atomic mass is 10.3. The molecule has 0 aliphatic carbocycles. The summed E-state index contributed by atoms with van der Waals surface area (Å²) < 4.78 is 9.45. The molecule has 0 bridgehead atoms. The molecule has 3 heterocycles. The molecular formula is C18H15N5O3S4. The van der Waals surface area contributed by atoms with Gasteiger partial charge in [0.05, 0.1) is 18.6 Å². The number of aromatic nitrogens is 4. The minimum Gasteiger partial charge on any atom is -0.497 e. The molecule has 0 unspecified atom stereocenters. The van der Waals surface area contributed by atoms with Gasteiger partial charge in [-0.3, -0.25) is 18.7 Å². The summed E-state index contributed by atoms with van der Waals surface area (Å²) in [6.07, 6.45) is 1.62. The number of methoxy groups -OCH3 is 1. The second kappa shape index (κ2) is 8.68. The van der Waals surface area contributed by atoms with Crippen molar-refractivity contribution in [1.82, 2.24) is 19.1 Å². The molecule has 1 aromatic carbocycles. The van der Waals surface area contributed by atoms with E-state index >= 15 is 0 Å². The van der Waals surface area contributed by atoms with E-state index in [9.17, 15) is 9.59 Å². The van der Waals surface area contributed by atoms with Crippen molar-refractivity contribution in [2.75, 3.05) is 18.2 Å². The van der Waals surface area contributed by atoms with Gasteiger partial charge < -0.3 is 10.1 Å². The van der Waals surface area contributed by atoms with E-state index in [-0.39, 0.29) is 17.2 Å². The van der Waals surface area contributed by atoms with E-state index in [4.69, 9.17) is 17.0 Å². The maximum Gasteiger partial charge on any atom is 0.273 e. The molecular weight excluding hydrogens is 462 g/mol. The average molecular weight is 478 g/mol. The van der Waals surface area contributed by atoms with E-state index in [0.717, 1.165) is 5.69 Å². The van der Waals surface area contributed by atoms with Gasteiger partial charge in [-0.05, 0) is 24.4 Å². The molecule has 0 radical (unpaired) electrons. The van der Waals surface area contributed by atoms with Gasteiger partial charge in [0.15, 0.2) is 19.9 Å². The van der Waals surface area contributed by atoms with Crippen molar-refractivity contribution in [1.29, 1.82) is 0 Å². The molecule has 0 saturated carbocycles. The first-order valence-corrected chi connectivity index (χ1v) is 11.7. The van der Waals surface area contributed by atoms with Crippen LogP contribution in [-0.4, -0.2) is 37.9 Å². The second-order valence-corrected chi connectivity index (χ2v) is 9.47. The number of carbonyl (C=O) groups excluding carboxylic acids is 1. The van der Waals surface area contributed by atoms with E-state index < -0.39 is 0 Å². The number of amides is 1. The van der Waals surface area contributed by atoms with Gasteiger partial charge in [-0.1, -0.05) is 29.2 Å². The lowest BCUT2D eigenvalue weighted by Crippen LogP contribution is -2.21. The van der Waals surface area contributed by atoms with E-state index in [0.29, 0.717) is 30.3 Å². The summed E-state index contributed by atoms with van der Waals surface area (Å²) in [6.45, 7) is 0. The Morgan fingerprint density at radius 1 is 1.40 bits per heavy atom. The second-order valence-electron chi connectivity index (χ2n) is 5.99. The highest BCUT2D eigenvalue weighted by atomic mass is 32.2. The Morgan fingerprint density at radius 2 is 2.23 bits per heavy atom. The molecule has 1 amide bonds. The Hall–Kier alpha value is -2.54. The smallest absolute Gasteiger partial charge is 0.273 e. The summed E-state index contributed by atoms with van der Waals surface area (Å²) in [6, 6.07) is 7.38. The van der Waals surface area contributed by atoms with Crippen LogP contribution < -0.4 is 15.6 Å². The van der Waals surface area contributed by atoms with E-state index in [1.165, 1.54) is 39.0 Å². The quantitative estimate of drug-likeness (QED) is 0.257. The molecule has 0 fully saturated rings. The number of fused-ring (bicyclic) bond motifs is 1. The fourth-order valence-electron chi connectivity index (χ4n) is 2.69. The van der Waals surface area contributed by atoms with Crippen LogP contribution >= 0.6 is 46.7 Å². The highest BCUT2D eigenvalue weighted by Crippen LogP contribution is 2.27. The van der Waals surface area contributed by atoms with Crippen LogP contribution in [0.5, 0.6) is 5.75 Å². The number of rotatable bonds is 6. The number of hydrogen-bond acceptors (Lipinski definition) is 9. The van der Waals surface area contributed by atoms with Gasteiger partial charge in [0.2, 0.25) is 5.91 Å². The lowest BCUT2D eigenvalue weighted by Gasteiger charge is -2.09. The first kappa shape index (κ1) is 20.7. The van der Waals surface area contributed by atoms with Crippen molar-refractivity contribution in [3.63, 3.8) is 0 Å². The molecule has 1 N–H and O–H groups in total. The number of thioether (sulfide) groups is 1. The van der Waals surface area contributed by atoms with Crippen LogP contribution in [0, 0.1) is 3.95 Å². The number of nitrogens with zero attached hydrogens (tertiary/aromatic N) is 4. The summed E-state index contributed by atoms with van der Waals surface area (Å²) in [4.78, 5) is 33.8. The summed E-state index contributed by atoms with van der Waals surface area (Å²) in [5.41, 5.74) is 1.01. The van der Waals surface area contributed by atoms with Crippen molar-refractivity contribution in [3.8, 4) is 11.4 Å². The van der Waals surface area contributed by atoms with Gasteiger partial charge >= 0.3 is 0 Å². The van der Waals surface area contributed by atoms with Gasteiger partial charge in [-0.2, -0.15) is 0 Å². The van der Waals surface area contributed by atoms with Crippen molar-refractivity contribution < 1.29 is 9.53 Å². The van der Waals surface area contributed by atoms with Crippen molar-refractivity contribution in [2.24, 2.45) is 7.05 Å². The molecule has 0 spiro atoms. The van der Waals surface area contributed by atoms with Crippen LogP contribution in [0.3, 0.4) is 0 Å². The Bertz CT molecular complexity index is 1340. The standard InChI is InChI=1S/C18H15N5O3S4/c1-22-15(25)13-14(21-17(22)29-9-12(24)20-16-19-6-7-28-16)23(18(27)30-13)10-4-3-5-11(8-10)26-2/h3-8H,9H2,1-2H3,(H,19,20,24). The number of ether oxygens (including phenoxy) is 1. The molecule has 30 heavy (non-hydrogen) atoms. The minimum atomic E-state index is -0.223. The topological polar surface area (TPSA) is 91.0 Å². The van der Waals surface area contributed by atoms with Crippen molar-refractivity contribution in [3.05, 3.63) is 50.2 Å². The van der Waals surface area contributed by atoms with E-state index in [2.05, 4.69) is 15.3 Å². The monoisotopic (exact) mass is 477 g/mol. The average Bonchev–Trinajstić information content (AvgIpc) is 3.37. The number of benzene rings is 1. The number of anilines is 1. The maximum atomic E-state index is 12.9. The van der Waals surface area contributed by atoms with Gasteiger partial charge in [-0.15, -0.1) is 11.3 Å². The van der Waals surface area contributed by atoms with Gasteiger partial charge in [0.1, 0.15) is 10.4 Å². The molecule has 12 heteroatoms. The third kappa shape index (κ3) is 4.03. The van der Waals surface area contributed by atoms with Crippen LogP contribution in [-0.2, 0) is 11.8 Å². The molecule has 154 valence electrons. The Morgan fingerprint density at radius 3 is 2.97 bits per heavy atom. The first-order valence-electron chi connectivity index (χ1n) is 8.57. The van der Waals surface area contributed by atoms with Crippen LogP contribution in [0.4, 0.5) is 5.13 Å². The van der Waals surface area contributed by atoms with Crippen LogP contribution in [0.2, 0.25) is 0 Å². The summed E-state index contributed by atoms with van der Waals surface area (Å²) in [5.74, 6) is 0.542. The third-order valence-corrected chi connectivity index (χ3v) is 7.17. The van der Waals surface area contributed by atoms with Gasteiger partial charge in [0, 0.05) is 24.7 Å². The molecule has 0 saturated heterocycles. The molecule has 4 aromatic rings. The van der Waals surface area contributed by atoms with Crippen LogP contribution in [0.25, 0.3) is 16.0 Å². The zero-order valence-corrected chi connectivity index (χ0v) is 19.1. The van der Waals surface area contributed by atoms with Crippen molar-refractivity contribution >= 4 is 68.0 Å². The fourth-order valence-corrected chi connectivity index (χ4v) is 5.35. The highest BCUT2D eigenvalue weighted by Gasteiger charge is 2.17. The number of hydrogen-bond donors (Lipinski definition) is 1. The lowest BCUT2D eigenvalue weighted by molar-refractivity contribution is -0.113. The Balaban J connectivity index is 1.71. The number of thiazole rings is 2. The SMILES string of the molecule is COc1cccc(-n2c(=S)sc3c(=O)n(C)c(SCC(=O)Nc4nccs4)nc32)c1. The first-order chi connectivity index (χ1) is 14.5. The Labute approximate surface area is 188 Å². The summed E-state index contributed by atoms with van der Waals surface area (Å²) in [7, 11) is 3.22. The maximum absolute atomic E-state index is 12.9. The fraction of sp³-hybridized carbons (Fsp3) is 0.167. The van der Waals surface area contributed by atoms with Crippen molar-refractivity contribution in [2.45, 2.75) is 5.16 Å². The number of carbonyl (C=O) groups is 1. The molecule has 0 atom stereocenters. The molecule has 8 nitrogen and oxygen atoms in total. The molecule has 0 aliphatic heterocycles. The normalized spacial score (nSPS) is 11.0. The third-order valence-electron chi connectivity index (χ3n) is 4.10. The molecule has 0 aliphatic rings. The highest BCUT2D eigenvalue weighted by molar-refractivity contribution is 7.99. The van der Waals surface area contributed by atoms with E-state index in [1.807, 2.05) is 24.3 Å². The van der Waals surface area contributed by atoms with Gasteiger partial charge in [0.25, 0.3) is 5.56 Å². The Kier molecular flexibility index (Phi) is 5.99. The summed E-state index contributed by atoms with van der Waals surface area (Å²) in [5, 5.41) is 5.45. The zero-order valence-electron chi connectivity index (χ0n) is 15.8. The van der Waals surface area contributed by atoms with E-state index in [1.54, 1.807) is 30.3 Å². The van der Waals surface area contributed by atoms with Crippen LogP contribution in [0.1, 0.15) is 0 Å². The van der Waals surface area contributed by atoms with Gasteiger partial charge in [-0.25, -0.2) is 9.97 Å². The largest absolute Gasteiger partial charge is 0.497 e. The predicted molar refractivity (Wildman–Crippen MR) is 123 cm³/mol. The number of nitrogens with one attached hydrogen (secondary N) is 1.